The number of carboxylic acids is 2. The Morgan fingerprint density at radius 1 is 1.08 bits per heavy atom. The summed E-state index contributed by atoms with van der Waals surface area (Å²) in [5.41, 5.74) is 0. The Labute approximate surface area is 72.9 Å². The van der Waals surface area contributed by atoms with E-state index in [4.69, 9.17) is 15.3 Å². The van der Waals surface area contributed by atoms with Gasteiger partial charge in [0.1, 0.15) is 6.10 Å². The molecule has 3 atom stereocenters. The number of carbonyl (C=O) groups excluding carboxylic acids is 2. The van der Waals surface area contributed by atoms with Gasteiger partial charge in [0, 0.05) is 6.42 Å². The van der Waals surface area contributed by atoms with Gasteiger partial charge in [0.25, 0.3) is 0 Å². The lowest BCUT2D eigenvalue weighted by molar-refractivity contribution is -0.322. The van der Waals surface area contributed by atoms with Crippen LogP contribution in [0, 0.1) is 0 Å². The molecule has 0 bridgehead atoms. The molecule has 7 heteroatoms. The van der Waals surface area contributed by atoms with Crippen LogP contribution >= 0.6 is 0 Å². The summed E-state index contributed by atoms with van der Waals surface area (Å²) in [5, 5.41) is 45.8. The molecule has 0 aliphatic carbocycles. The van der Waals surface area contributed by atoms with E-state index in [2.05, 4.69) is 0 Å². The molecule has 0 aliphatic rings. The average Bonchev–Trinajstić information content (AvgIpc) is 2.02. The second kappa shape index (κ2) is 4.75. The van der Waals surface area contributed by atoms with E-state index in [0.717, 1.165) is 0 Å². The minimum Gasteiger partial charge on any atom is -0.547 e. The summed E-state index contributed by atoms with van der Waals surface area (Å²) in [6.07, 6.45) is -6.99. The third kappa shape index (κ3) is 3.83. The third-order valence-corrected chi connectivity index (χ3v) is 1.34. The quantitative estimate of drug-likeness (QED) is 0.395. The van der Waals surface area contributed by atoms with E-state index in [1.165, 1.54) is 0 Å². The molecule has 0 heterocycles. The van der Waals surface area contributed by atoms with E-state index >= 15 is 0 Å². The lowest BCUT2D eigenvalue weighted by atomic mass is 10.1. The minimum absolute atomic E-state index is 0.836. The van der Waals surface area contributed by atoms with Crippen LogP contribution in [-0.2, 0) is 9.59 Å². The van der Waals surface area contributed by atoms with E-state index in [-0.39, 0.29) is 0 Å². The maximum Gasteiger partial charge on any atom is 0.119 e. The van der Waals surface area contributed by atoms with E-state index < -0.39 is 36.7 Å². The molecule has 0 saturated carbocycles. The molecule has 3 N–H and O–H groups in total. The van der Waals surface area contributed by atoms with Crippen molar-refractivity contribution >= 4 is 11.9 Å². The maximum absolute atomic E-state index is 9.93. The summed E-state index contributed by atoms with van der Waals surface area (Å²) in [7, 11) is 0. The highest BCUT2D eigenvalue weighted by Gasteiger charge is 2.21. The highest BCUT2D eigenvalue weighted by molar-refractivity contribution is 5.71. The highest BCUT2D eigenvalue weighted by Crippen LogP contribution is 2.02. The van der Waals surface area contributed by atoms with E-state index in [0.29, 0.717) is 0 Å². The first kappa shape index (κ1) is 11.8. The molecule has 0 aromatic carbocycles. The van der Waals surface area contributed by atoms with E-state index in [9.17, 15) is 19.8 Å². The van der Waals surface area contributed by atoms with Crippen LogP contribution in [0.3, 0.4) is 0 Å². The molecule has 0 rings (SSSR count). The van der Waals surface area contributed by atoms with Crippen LogP contribution in [0.2, 0.25) is 0 Å². The fourth-order valence-electron chi connectivity index (χ4n) is 0.611. The van der Waals surface area contributed by atoms with Crippen LogP contribution in [0.25, 0.3) is 0 Å². The molecule has 7 nitrogen and oxygen atoms in total. The van der Waals surface area contributed by atoms with Crippen LogP contribution in [-0.4, -0.2) is 45.6 Å². The van der Waals surface area contributed by atoms with Crippen molar-refractivity contribution in [2.75, 3.05) is 0 Å². The van der Waals surface area contributed by atoms with Crippen molar-refractivity contribution in [3.05, 3.63) is 0 Å². The zero-order valence-corrected chi connectivity index (χ0v) is 6.41. The molecule has 0 aromatic heterocycles. The van der Waals surface area contributed by atoms with Gasteiger partial charge in [0.15, 0.2) is 0 Å². The van der Waals surface area contributed by atoms with Gasteiger partial charge in [-0.25, -0.2) is 0 Å². The number of hydrogen-bond acceptors (Lipinski definition) is 7. The number of aliphatic carboxylic acids is 2. The van der Waals surface area contributed by atoms with E-state index in [1.807, 2.05) is 0 Å². The zero-order chi connectivity index (χ0) is 10.6. The monoisotopic (exact) mass is 192 g/mol. The number of rotatable bonds is 5. The summed E-state index contributed by atoms with van der Waals surface area (Å²) >= 11 is 0. The first-order valence-corrected chi connectivity index (χ1v) is 3.32. The Balaban J connectivity index is 4.06. The number of aliphatic hydroxyl groups excluding tert-OH is 3. The van der Waals surface area contributed by atoms with Gasteiger partial charge in [-0.15, -0.1) is 0 Å². The Morgan fingerprint density at radius 3 is 1.85 bits per heavy atom. The first-order chi connectivity index (χ1) is 5.86. The molecule has 0 amide bonds. The predicted molar refractivity (Wildman–Crippen MR) is 32.7 cm³/mol. The average molecular weight is 192 g/mol. The van der Waals surface area contributed by atoms with Gasteiger partial charge in [-0.3, -0.25) is 0 Å². The Kier molecular flexibility index (Phi) is 4.32. The van der Waals surface area contributed by atoms with E-state index in [1.54, 1.807) is 0 Å². The Hall–Kier alpha value is -1.18. The predicted octanol–water partition coefficient (Wildman–Crippen LogP) is -5.04. The molecule has 0 aromatic rings. The van der Waals surface area contributed by atoms with Gasteiger partial charge in [0.05, 0.1) is 24.1 Å². The van der Waals surface area contributed by atoms with Crippen molar-refractivity contribution in [3.8, 4) is 0 Å². The van der Waals surface area contributed by atoms with Crippen LogP contribution in [0.1, 0.15) is 6.42 Å². The molecule has 0 spiro atoms. The van der Waals surface area contributed by atoms with Gasteiger partial charge in [0.2, 0.25) is 0 Å². The SMILES string of the molecule is O=C([O-])[C@H](O)C[C@@H](O)[C@@H](O)C(=O)[O-]. The number of carboxylic acid groups (broad SMARTS) is 2. The minimum atomic E-state index is -2.23. The summed E-state index contributed by atoms with van der Waals surface area (Å²) in [6.45, 7) is 0. The molecule has 0 fully saturated rings. The Morgan fingerprint density at radius 2 is 1.54 bits per heavy atom. The largest absolute Gasteiger partial charge is 0.547 e. The Bertz CT molecular complexity index is 201. The van der Waals surface area contributed by atoms with Crippen LogP contribution in [0.4, 0.5) is 0 Å². The smallest absolute Gasteiger partial charge is 0.119 e. The molecule has 0 saturated heterocycles. The highest BCUT2D eigenvalue weighted by atomic mass is 16.4. The van der Waals surface area contributed by atoms with Gasteiger partial charge >= 0.3 is 0 Å². The zero-order valence-electron chi connectivity index (χ0n) is 6.41. The fraction of sp³-hybridized carbons (Fsp3) is 0.667. The molecular weight excluding hydrogens is 184 g/mol. The molecule has 0 unspecified atom stereocenters. The second-order valence-electron chi connectivity index (χ2n) is 2.40. The molecule has 13 heavy (non-hydrogen) atoms. The lowest BCUT2D eigenvalue weighted by Crippen LogP contribution is -2.46. The van der Waals surface area contributed by atoms with Crippen molar-refractivity contribution in [2.45, 2.75) is 24.7 Å². The van der Waals surface area contributed by atoms with Gasteiger partial charge in [-0.1, -0.05) is 0 Å². The third-order valence-electron chi connectivity index (χ3n) is 1.34. The maximum atomic E-state index is 9.93. The summed E-state index contributed by atoms with van der Waals surface area (Å²) in [6, 6.07) is 0. The van der Waals surface area contributed by atoms with Crippen LogP contribution in [0.15, 0.2) is 0 Å². The van der Waals surface area contributed by atoms with Crippen molar-refractivity contribution in [1.29, 1.82) is 0 Å². The van der Waals surface area contributed by atoms with Gasteiger partial charge in [-0.2, -0.15) is 0 Å². The standard InChI is InChI=1S/C6H10O7/c7-2(4(9)6(12)13)1-3(8)5(10)11/h2-4,7-9H,1H2,(H,10,11)(H,12,13)/p-2/t2-,3-,4-/m1/s1. The van der Waals surface area contributed by atoms with Gasteiger partial charge < -0.3 is 35.1 Å². The van der Waals surface area contributed by atoms with Crippen molar-refractivity contribution in [1.82, 2.24) is 0 Å². The molecule has 76 valence electrons. The summed E-state index contributed by atoms with van der Waals surface area (Å²) in [4.78, 5) is 19.8. The molecule has 0 radical (unpaired) electrons. The van der Waals surface area contributed by atoms with Crippen molar-refractivity contribution in [2.24, 2.45) is 0 Å². The molecule has 0 aliphatic heterocycles. The second-order valence-corrected chi connectivity index (χ2v) is 2.40. The normalized spacial score (nSPS) is 17.5. The van der Waals surface area contributed by atoms with Crippen molar-refractivity contribution < 1.29 is 35.1 Å². The number of hydrogen-bond donors (Lipinski definition) is 3. The van der Waals surface area contributed by atoms with Gasteiger partial charge in [-0.05, 0) is 0 Å². The summed E-state index contributed by atoms with van der Waals surface area (Å²) in [5.74, 6) is -3.80. The van der Waals surface area contributed by atoms with Crippen LogP contribution < -0.4 is 10.2 Å². The van der Waals surface area contributed by atoms with Crippen molar-refractivity contribution in [3.63, 3.8) is 0 Å². The number of aliphatic hydroxyl groups is 3. The first-order valence-electron chi connectivity index (χ1n) is 3.32. The topological polar surface area (TPSA) is 141 Å². The fourth-order valence-corrected chi connectivity index (χ4v) is 0.611. The molecular formula is C6H8O7-2. The number of carbonyl (C=O) groups is 2. The lowest BCUT2D eigenvalue weighted by Gasteiger charge is -2.21. The summed E-state index contributed by atoms with van der Waals surface area (Å²) < 4.78 is 0. The van der Waals surface area contributed by atoms with Crippen LogP contribution in [0.5, 0.6) is 0 Å².